The van der Waals surface area contributed by atoms with Gasteiger partial charge in [0.15, 0.2) is 0 Å². The molecule has 11 heteroatoms. The molecule has 0 bridgehead atoms. The van der Waals surface area contributed by atoms with Gasteiger partial charge in [-0.2, -0.15) is 0 Å². The molecule has 0 heterocycles. The predicted octanol–water partition coefficient (Wildman–Crippen LogP) is 4.67. The molecule has 0 atom stereocenters. The molecule has 0 aromatic heterocycles. The minimum absolute atomic E-state index is 0. The minimum Gasteiger partial charge on any atom is -0.481 e. The zero-order valence-electron chi connectivity index (χ0n) is 17.4. The Bertz CT molecular complexity index is 487. The second-order valence-electron chi connectivity index (χ2n) is 3.77. The van der Waals surface area contributed by atoms with Gasteiger partial charge in [0.2, 0.25) is 0 Å². The van der Waals surface area contributed by atoms with Crippen LogP contribution >= 0.6 is 0 Å². The quantitative estimate of drug-likeness (QED) is 0.460. The molecule has 0 spiro atoms. The van der Waals surface area contributed by atoms with Crippen molar-refractivity contribution in [2.45, 2.75) is 27.7 Å². The second-order valence-corrected chi connectivity index (χ2v) is 3.77. The Morgan fingerprint density at radius 1 is 0.586 bits per heavy atom. The fourth-order valence-corrected chi connectivity index (χ4v) is 1.11. The Labute approximate surface area is 325 Å². The zero-order valence-corrected chi connectivity index (χ0v) is 34.4. The van der Waals surface area contributed by atoms with Crippen molar-refractivity contribution in [3.05, 3.63) is 60.7 Å². The molecule has 6 radical (unpaired) electrons. The summed E-state index contributed by atoms with van der Waals surface area (Å²) in [5.41, 5.74) is 0. The van der Waals surface area contributed by atoms with Crippen LogP contribution in [0.15, 0.2) is 60.7 Å². The topological polar surface area (TPSA) is 83.8 Å². The van der Waals surface area contributed by atoms with Crippen LogP contribution in [0.3, 0.4) is 0 Å². The molecule has 2 aromatic carbocycles. The Morgan fingerprint density at radius 3 is 0.931 bits per heavy atom. The number of aliphatic carboxylic acids is 2. The number of carboxylic acids is 2. The van der Waals surface area contributed by atoms with Gasteiger partial charge < -0.3 is 14.9 Å². The molecule has 5 nitrogen and oxygen atoms in total. The summed E-state index contributed by atoms with van der Waals surface area (Å²) in [7, 11) is 0. The van der Waals surface area contributed by atoms with Crippen LogP contribution in [-0.4, -0.2) is 22.2 Å². The van der Waals surface area contributed by atoms with E-state index in [4.69, 9.17) is 24.5 Å². The van der Waals surface area contributed by atoms with Gasteiger partial charge in [-0.1, -0.05) is 50.2 Å². The van der Waals surface area contributed by atoms with Crippen molar-refractivity contribution in [3.63, 3.8) is 0 Å². The first-order valence-electron chi connectivity index (χ1n) is 7.09. The number of para-hydroxylation sites is 2. The fraction of sp³-hybridized carbons (Fsp3) is 0.222. The van der Waals surface area contributed by atoms with Crippen molar-refractivity contribution in [1.29, 1.82) is 0 Å². The van der Waals surface area contributed by atoms with Gasteiger partial charge in [0.25, 0.3) is 11.9 Å². The molecule has 2 rings (SSSR count). The Kier molecular flexibility index (Phi) is 78.1. The van der Waals surface area contributed by atoms with Gasteiger partial charge in [-0.05, 0) is 24.3 Å². The molecule has 0 fully saturated rings. The van der Waals surface area contributed by atoms with Crippen LogP contribution in [0.4, 0.5) is 0 Å². The van der Waals surface area contributed by atoms with E-state index in [0.717, 1.165) is 25.3 Å². The van der Waals surface area contributed by atoms with Crippen molar-refractivity contribution in [1.82, 2.24) is 0 Å². The van der Waals surface area contributed by atoms with Crippen LogP contribution in [0.5, 0.6) is 11.5 Å². The molecule has 144 valence electrons. The number of hydrogen-bond donors (Lipinski definition) is 2. The molecule has 0 amide bonds. The summed E-state index contributed by atoms with van der Waals surface area (Å²) in [5, 5.41) is 14.8. The van der Waals surface area contributed by atoms with E-state index in [-0.39, 0.29) is 196 Å². The SMILES string of the molecule is CC.CC(=O)O.CC(=O)O.[Y].[Y].[Y].[Y].[Y].[Y].c1ccc(Oc2ccccc2)cc1. The largest absolute Gasteiger partial charge is 0.481 e. The van der Waals surface area contributed by atoms with E-state index in [1.807, 2.05) is 74.5 Å². The summed E-state index contributed by atoms with van der Waals surface area (Å²) in [5.74, 6) is 0.0717. The van der Waals surface area contributed by atoms with Crippen LogP contribution in [0.25, 0.3) is 0 Å². The van der Waals surface area contributed by atoms with E-state index in [2.05, 4.69) is 0 Å². The van der Waals surface area contributed by atoms with Gasteiger partial charge in [-0.15, -0.1) is 0 Å². The Balaban J connectivity index is -0.0000000403. The smallest absolute Gasteiger partial charge is 0.300 e. The third-order valence-electron chi connectivity index (χ3n) is 1.72. The maximum atomic E-state index is 9.00. The maximum absolute atomic E-state index is 9.00. The number of ether oxygens (including phenoxy) is 1. The van der Waals surface area contributed by atoms with E-state index < -0.39 is 11.9 Å². The third-order valence-corrected chi connectivity index (χ3v) is 1.72. The van der Waals surface area contributed by atoms with Crippen LogP contribution in [0.1, 0.15) is 27.7 Å². The molecule has 0 aliphatic rings. The van der Waals surface area contributed by atoms with Crippen LogP contribution < -0.4 is 4.74 Å². The summed E-state index contributed by atoms with van der Waals surface area (Å²) in [4.78, 5) is 18.0. The third kappa shape index (κ3) is 49.9. The van der Waals surface area contributed by atoms with Gasteiger partial charge in [0.1, 0.15) is 11.5 Å². The van der Waals surface area contributed by atoms with Crippen molar-refractivity contribution in [3.8, 4) is 11.5 Å². The molecular weight excluding hydrogens is 830 g/mol. The van der Waals surface area contributed by atoms with E-state index >= 15 is 0 Å². The van der Waals surface area contributed by atoms with Crippen molar-refractivity contribution in [2.75, 3.05) is 0 Å². The van der Waals surface area contributed by atoms with Crippen LogP contribution in [0, 0.1) is 0 Å². The van der Waals surface area contributed by atoms with Gasteiger partial charge in [0, 0.05) is 210 Å². The van der Waals surface area contributed by atoms with E-state index in [1.54, 1.807) is 0 Å². The van der Waals surface area contributed by atoms with Gasteiger partial charge >= 0.3 is 0 Å². The first-order chi connectivity index (χ1) is 10.9. The molecule has 2 aromatic rings. The molecule has 0 unspecified atom stereocenters. The first kappa shape index (κ1) is 53.9. The molecule has 0 aliphatic carbocycles. The number of hydrogen-bond acceptors (Lipinski definition) is 3. The van der Waals surface area contributed by atoms with Crippen molar-refractivity contribution in [2.24, 2.45) is 0 Å². The summed E-state index contributed by atoms with van der Waals surface area (Å²) >= 11 is 0. The second kappa shape index (κ2) is 42.0. The molecular formula is C18H24O5Y6. The first-order valence-corrected chi connectivity index (χ1v) is 7.09. The van der Waals surface area contributed by atoms with E-state index in [9.17, 15) is 0 Å². The standard InChI is InChI=1S/C12H10O.2C2H4O2.C2H6.6Y/c1-3-7-11(8-4-1)13-12-9-5-2-6-10-12;2*1-2(3)4;1-2;;;;;;/h1-10H;2*1H3,(H,3,4);1-2H3;;;;;;. The predicted molar refractivity (Wildman–Crippen MR) is 90.9 cm³/mol. The number of carboxylic acid groups (broad SMARTS) is 2. The molecule has 2 N–H and O–H groups in total. The van der Waals surface area contributed by atoms with Gasteiger partial charge in [0.05, 0.1) is 0 Å². The molecule has 0 aliphatic heterocycles. The molecule has 0 saturated heterocycles. The molecule has 29 heavy (non-hydrogen) atoms. The van der Waals surface area contributed by atoms with Crippen LogP contribution in [0.2, 0.25) is 0 Å². The maximum Gasteiger partial charge on any atom is 0.300 e. The van der Waals surface area contributed by atoms with E-state index in [0.29, 0.717) is 0 Å². The Morgan fingerprint density at radius 2 is 0.759 bits per heavy atom. The summed E-state index contributed by atoms with van der Waals surface area (Å²) in [6, 6.07) is 19.5. The zero-order chi connectivity index (χ0) is 18.1. The number of rotatable bonds is 2. The number of benzene rings is 2. The summed E-state index contributed by atoms with van der Waals surface area (Å²) in [6.07, 6.45) is 0. The van der Waals surface area contributed by atoms with Crippen LogP contribution in [-0.2, 0) is 206 Å². The Hall–Kier alpha value is 3.80. The summed E-state index contributed by atoms with van der Waals surface area (Å²) in [6.45, 7) is 6.17. The average molecular weight is 854 g/mol. The minimum atomic E-state index is -0.833. The van der Waals surface area contributed by atoms with E-state index in [1.165, 1.54) is 0 Å². The van der Waals surface area contributed by atoms with Gasteiger partial charge in [-0.25, -0.2) is 0 Å². The molecule has 0 saturated carbocycles. The average Bonchev–Trinajstić information content (AvgIpc) is 2.50. The van der Waals surface area contributed by atoms with Crippen molar-refractivity contribution >= 4 is 11.9 Å². The van der Waals surface area contributed by atoms with Crippen molar-refractivity contribution < 1.29 is 221 Å². The monoisotopic (exact) mass is 854 g/mol. The fourth-order valence-electron chi connectivity index (χ4n) is 1.11. The van der Waals surface area contributed by atoms with Gasteiger partial charge in [-0.3, -0.25) is 9.59 Å². The normalized spacial score (nSPS) is 6.21. The number of carbonyl (C=O) groups is 2. The summed E-state index contributed by atoms with van der Waals surface area (Å²) < 4.78 is 5.58.